The van der Waals surface area contributed by atoms with Crippen molar-refractivity contribution in [2.24, 2.45) is 11.7 Å². The molecule has 0 radical (unpaired) electrons. The number of ether oxygens (including phenoxy) is 1. The Bertz CT molecular complexity index is 286. The van der Waals surface area contributed by atoms with E-state index in [9.17, 15) is 0 Å². The Morgan fingerprint density at radius 1 is 1.53 bits per heavy atom. The van der Waals surface area contributed by atoms with Gasteiger partial charge in [-0.15, -0.1) is 11.3 Å². The van der Waals surface area contributed by atoms with Crippen LogP contribution in [0.2, 0.25) is 0 Å². The molecule has 0 aliphatic heterocycles. The fourth-order valence-electron chi connectivity index (χ4n) is 1.43. The first-order valence-corrected chi connectivity index (χ1v) is 6.20. The van der Waals surface area contributed by atoms with Crippen molar-refractivity contribution in [3.8, 4) is 0 Å². The molecule has 0 saturated heterocycles. The summed E-state index contributed by atoms with van der Waals surface area (Å²) in [7, 11) is 1.71. The second-order valence-electron chi connectivity index (χ2n) is 4.14. The molecule has 0 bridgehead atoms. The SMILES string of the molecule is COCCc1nc(C(N)CC(C)C)cs1. The van der Waals surface area contributed by atoms with Crippen molar-refractivity contribution in [3.63, 3.8) is 0 Å². The fraction of sp³-hybridized carbons (Fsp3) is 0.727. The minimum Gasteiger partial charge on any atom is -0.384 e. The van der Waals surface area contributed by atoms with Gasteiger partial charge >= 0.3 is 0 Å². The van der Waals surface area contributed by atoms with E-state index in [-0.39, 0.29) is 6.04 Å². The summed E-state index contributed by atoms with van der Waals surface area (Å²) in [5, 5.41) is 3.18. The molecule has 0 aromatic carbocycles. The zero-order valence-electron chi connectivity index (χ0n) is 9.69. The molecule has 0 aliphatic carbocycles. The lowest BCUT2D eigenvalue weighted by atomic mass is 10.0. The molecular weight excluding hydrogens is 208 g/mol. The molecule has 86 valence electrons. The molecule has 0 aliphatic rings. The van der Waals surface area contributed by atoms with Crippen LogP contribution in [0.15, 0.2) is 5.38 Å². The molecule has 3 nitrogen and oxygen atoms in total. The predicted octanol–water partition coefficient (Wildman–Crippen LogP) is 2.38. The molecule has 0 spiro atoms. The Morgan fingerprint density at radius 2 is 2.27 bits per heavy atom. The highest BCUT2D eigenvalue weighted by atomic mass is 32.1. The quantitative estimate of drug-likeness (QED) is 0.813. The van der Waals surface area contributed by atoms with Crippen LogP contribution in [0.4, 0.5) is 0 Å². The van der Waals surface area contributed by atoms with Crippen LogP contribution in [0.25, 0.3) is 0 Å². The van der Waals surface area contributed by atoms with Gasteiger partial charge in [0, 0.05) is 25.0 Å². The number of hydrogen-bond donors (Lipinski definition) is 1. The number of thiazole rings is 1. The third kappa shape index (κ3) is 4.28. The minimum absolute atomic E-state index is 0.0811. The van der Waals surface area contributed by atoms with Gasteiger partial charge in [0.05, 0.1) is 17.3 Å². The maximum Gasteiger partial charge on any atom is 0.0951 e. The van der Waals surface area contributed by atoms with E-state index in [0.29, 0.717) is 5.92 Å². The molecule has 15 heavy (non-hydrogen) atoms. The monoisotopic (exact) mass is 228 g/mol. The Hall–Kier alpha value is -0.450. The van der Waals surface area contributed by atoms with Crippen LogP contribution in [0.3, 0.4) is 0 Å². The summed E-state index contributed by atoms with van der Waals surface area (Å²) in [6.45, 7) is 5.09. The molecule has 4 heteroatoms. The van der Waals surface area contributed by atoms with Gasteiger partial charge in [0.15, 0.2) is 0 Å². The van der Waals surface area contributed by atoms with Gasteiger partial charge in [-0.05, 0) is 12.3 Å². The third-order valence-electron chi connectivity index (χ3n) is 2.19. The number of rotatable bonds is 6. The first-order valence-electron chi connectivity index (χ1n) is 5.32. The molecule has 2 N–H and O–H groups in total. The second-order valence-corrected chi connectivity index (χ2v) is 5.09. The number of aromatic nitrogens is 1. The van der Waals surface area contributed by atoms with Crippen molar-refractivity contribution in [2.75, 3.05) is 13.7 Å². The molecule has 0 amide bonds. The van der Waals surface area contributed by atoms with E-state index >= 15 is 0 Å². The van der Waals surface area contributed by atoms with Crippen molar-refractivity contribution in [3.05, 3.63) is 16.1 Å². The normalized spacial score (nSPS) is 13.4. The number of nitrogens with zero attached hydrogens (tertiary/aromatic N) is 1. The van der Waals surface area contributed by atoms with E-state index in [1.165, 1.54) is 0 Å². The Kier molecular flexibility index (Phi) is 5.22. The summed E-state index contributed by atoms with van der Waals surface area (Å²) < 4.78 is 5.02. The van der Waals surface area contributed by atoms with Crippen molar-refractivity contribution in [2.45, 2.75) is 32.7 Å². The first-order chi connectivity index (χ1) is 7.13. The van der Waals surface area contributed by atoms with Gasteiger partial charge in [0.1, 0.15) is 0 Å². The number of nitrogens with two attached hydrogens (primary N) is 1. The van der Waals surface area contributed by atoms with Gasteiger partial charge in [-0.25, -0.2) is 4.98 Å². The van der Waals surface area contributed by atoms with Crippen molar-refractivity contribution in [1.82, 2.24) is 4.98 Å². The van der Waals surface area contributed by atoms with E-state index in [1.54, 1.807) is 18.4 Å². The fourth-order valence-corrected chi connectivity index (χ4v) is 2.27. The van der Waals surface area contributed by atoms with Crippen LogP contribution < -0.4 is 5.73 Å². The average molecular weight is 228 g/mol. The van der Waals surface area contributed by atoms with Crippen LogP contribution in [0, 0.1) is 5.92 Å². The van der Waals surface area contributed by atoms with Crippen LogP contribution in [-0.4, -0.2) is 18.7 Å². The van der Waals surface area contributed by atoms with E-state index in [1.807, 2.05) is 0 Å². The number of methoxy groups -OCH3 is 1. The lowest BCUT2D eigenvalue weighted by molar-refractivity contribution is 0.202. The summed E-state index contributed by atoms with van der Waals surface area (Å²) in [6, 6.07) is 0.0811. The third-order valence-corrected chi connectivity index (χ3v) is 3.12. The maximum absolute atomic E-state index is 6.05. The molecule has 1 heterocycles. The molecule has 1 rings (SSSR count). The topological polar surface area (TPSA) is 48.1 Å². The van der Waals surface area contributed by atoms with Gasteiger partial charge in [-0.1, -0.05) is 13.8 Å². The standard InChI is InChI=1S/C11H20N2OS/c1-8(2)6-9(12)10-7-15-11(13-10)4-5-14-3/h7-9H,4-6,12H2,1-3H3. The minimum atomic E-state index is 0.0811. The van der Waals surface area contributed by atoms with Crippen molar-refractivity contribution in [1.29, 1.82) is 0 Å². The van der Waals surface area contributed by atoms with E-state index in [2.05, 4.69) is 24.2 Å². The summed E-state index contributed by atoms with van der Waals surface area (Å²) in [5.74, 6) is 0.615. The van der Waals surface area contributed by atoms with Gasteiger partial charge in [-0.3, -0.25) is 0 Å². The number of hydrogen-bond acceptors (Lipinski definition) is 4. The van der Waals surface area contributed by atoms with Gasteiger partial charge in [-0.2, -0.15) is 0 Å². The molecule has 0 fully saturated rings. The summed E-state index contributed by atoms with van der Waals surface area (Å²) in [6.07, 6.45) is 1.88. The first kappa shape index (κ1) is 12.6. The van der Waals surface area contributed by atoms with Crippen molar-refractivity contribution >= 4 is 11.3 Å². The zero-order chi connectivity index (χ0) is 11.3. The van der Waals surface area contributed by atoms with Crippen LogP contribution in [0.5, 0.6) is 0 Å². The average Bonchev–Trinajstić information content (AvgIpc) is 2.62. The molecule has 1 aromatic rings. The molecule has 1 aromatic heterocycles. The Labute approximate surface area is 95.7 Å². The summed E-state index contributed by atoms with van der Waals surface area (Å²) >= 11 is 1.67. The molecular formula is C11H20N2OS. The van der Waals surface area contributed by atoms with Crippen LogP contribution in [-0.2, 0) is 11.2 Å². The highest BCUT2D eigenvalue weighted by molar-refractivity contribution is 7.09. The highest BCUT2D eigenvalue weighted by Gasteiger charge is 2.11. The van der Waals surface area contributed by atoms with Crippen LogP contribution >= 0.6 is 11.3 Å². The largest absolute Gasteiger partial charge is 0.384 e. The van der Waals surface area contributed by atoms with E-state index in [0.717, 1.165) is 30.2 Å². The van der Waals surface area contributed by atoms with Crippen LogP contribution in [0.1, 0.15) is 37.0 Å². The van der Waals surface area contributed by atoms with E-state index in [4.69, 9.17) is 10.5 Å². The van der Waals surface area contributed by atoms with Gasteiger partial charge in [0.2, 0.25) is 0 Å². The van der Waals surface area contributed by atoms with Gasteiger partial charge in [0.25, 0.3) is 0 Å². The second kappa shape index (κ2) is 6.20. The lowest BCUT2D eigenvalue weighted by Crippen LogP contribution is -2.13. The van der Waals surface area contributed by atoms with Crippen molar-refractivity contribution < 1.29 is 4.74 Å². The Balaban J connectivity index is 2.51. The molecule has 1 unspecified atom stereocenters. The Morgan fingerprint density at radius 3 is 2.87 bits per heavy atom. The van der Waals surface area contributed by atoms with Gasteiger partial charge < -0.3 is 10.5 Å². The maximum atomic E-state index is 6.05. The predicted molar refractivity (Wildman–Crippen MR) is 64.1 cm³/mol. The molecule has 1 atom stereocenters. The zero-order valence-corrected chi connectivity index (χ0v) is 10.5. The highest BCUT2D eigenvalue weighted by Crippen LogP contribution is 2.21. The smallest absolute Gasteiger partial charge is 0.0951 e. The van der Waals surface area contributed by atoms with E-state index < -0.39 is 0 Å². The lowest BCUT2D eigenvalue weighted by Gasteiger charge is -2.10. The molecule has 0 saturated carbocycles. The summed E-state index contributed by atoms with van der Waals surface area (Å²) in [5.41, 5.74) is 7.08. The summed E-state index contributed by atoms with van der Waals surface area (Å²) in [4.78, 5) is 4.51.